The minimum absolute atomic E-state index is 0.0744. The van der Waals surface area contributed by atoms with Crippen LogP contribution in [-0.2, 0) is 4.74 Å². The normalized spacial score (nSPS) is 19.8. The Morgan fingerprint density at radius 1 is 1.34 bits per heavy atom. The second-order valence-corrected chi connectivity index (χ2v) is 7.55. The highest BCUT2D eigenvalue weighted by Gasteiger charge is 2.48. The van der Waals surface area contributed by atoms with Crippen molar-refractivity contribution in [2.45, 2.75) is 18.4 Å². The van der Waals surface area contributed by atoms with Crippen LogP contribution in [0.1, 0.15) is 39.3 Å². The van der Waals surface area contributed by atoms with Gasteiger partial charge in [-0.15, -0.1) is 0 Å². The van der Waals surface area contributed by atoms with Gasteiger partial charge in [-0.25, -0.2) is 4.98 Å². The first-order chi connectivity index (χ1) is 14.1. The minimum Gasteiger partial charge on any atom is -0.371 e. The van der Waals surface area contributed by atoms with Crippen LogP contribution in [0.2, 0.25) is 0 Å². The molecule has 1 N–H and O–H groups in total. The van der Waals surface area contributed by atoms with Crippen LogP contribution in [0.5, 0.6) is 0 Å². The Morgan fingerprint density at radius 3 is 2.90 bits per heavy atom. The van der Waals surface area contributed by atoms with Gasteiger partial charge in [0.25, 0.3) is 11.8 Å². The molecule has 0 radical (unpaired) electrons. The highest BCUT2D eigenvalue weighted by Crippen LogP contribution is 2.36. The summed E-state index contributed by atoms with van der Waals surface area (Å²) in [5.74, 6) is -0.0774. The summed E-state index contributed by atoms with van der Waals surface area (Å²) in [6.45, 7) is 2.18. The van der Waals surface area contributed by atoms with Crippen LogP contribution in [0.3, 0.4) is 0 Å². The minimum atomic E-state index is -0.284. The van der Waals surface area contributed by atoms with Gasteiger partial charge in [0.15, 0.2) is 0 Å². The van der Waals surface area contributed by atoms with Gasteiger partial charge in [0.05, 0.1) is 37.5 Å². The lowest BCUT2D eigenvalue weighted by molar-refractivity contribution is -0.166. The van der Waals surface area contributed by atoms with Crippen LogP contribution >= 0.6 is 0 Å². The van der Waals surface area contributed by atoms with Crippen LogP contribution < -0.4 is 5.32 Å². The second-order valence-electron chi connectivity index (χ2n) is 7.55. The Balaban J connectivity index is 1.24. The fraction of sp³-hybridized carbons (Fsp3) is 0.381. The van der Waals surface area contributed by atoms with E-state index in [0.717, 1.165) is 12.8 Å². The number of nitrogens with zero attached hydrogens (tertiary/aromatic N) is 4. The third-order valence-electron chi connectivity index (χ3n) is 5.46. The summed E-state index contributed by atoms with van der Waals surface area (Å²) >= 11 is 0. The molecule has 1 atom stereocenters. The Bertz CT molecular complexity index is 940. The number of aromatic nitrogens is 2. The third-order valence-corrected chi connectivity index (χ3v) is 5.46. The van der Waals surface area contributed by atoms with Crippen molar-refractivity contribution in [3.63, 3.8) is 0 Å². The number of carbonyl (C=O) groups excluding carboxylic acids is 2. The molecular formula is C21H21N5O3. The third kappa shape index (κ3) is 4.10. The Morgan fingerprint density at radius 2 is 2.21 bits per heavy atom. The van der Waals surface area contributed by atoms with E-state index in [0.29, 0.717) is 43.1 Å². The summed E-state index contributed by atoms with van der Waals surface area (Å²) in [7, 11) is 0. The maximum atomic E-state index is 12.6. The molecule has 148 valence electrons. The first-order valence-electron chi connectivity index (χ1n) is 9.56. The van der Waals surface area contributed by atoms with Gasteiger partial charge in [0, 0.05) is 24.5 Å². The van der Waals surface area contributed by atoms with Crippen molar-refractivity contribution < 1.29 is 14.3 Å². The molecule has 0 aliphatic carbocycles. The van der Waals surface area contributed by atoms with Crippen molar-refractivity contribution in [2.75, 3.05) is 26.2 Å². The molecule has 2 aliphatic heterocycles. The largest absolute Gasteiger partial charge is 0.371 e. The van der Waals surface area contributed by atoms with Crippen molar-refractivity contribution >= 4 is 11.8 Å². The van der Waals surface area contributed by atoms with E-state index in [1.165, 1.54) is 18.6 Å². The van der Waals surface area contributed by atoms with Gasteiger partial charge in [0.1, 0.15) is 11.3 Å². The smallest absolute Gasteiger partial charge is 0.271 e. The highest BCUT2D eigenvalue weighted by atomic mass is 16.5. The molecule has 2 fully saturated rings. The number of hydrogen-bond donors (Lipinski definition) is 1. The van der Waals surface area contributed by atoms with Crippen LogP contribution in [0.25, 0.3) is 0 Å². The van der Waals surface area contributed by atoms with Crippen molar-refractivity contribution in [3.8, 4) is 6.07 Å². The van der Waals surface area contributed by atoms with Gasteiger partial charge >= 0.3 is 0 Å². The SMILES string of the molecule is N#Cc1cccc(C(=O)N2CC3(CCC(CNC(=O)c4cnccn4)CO3)C2)c1. The first kappa shape index (κ1) is 19.0. The quantitative estimate of drug-likeness (QED) is 0.844. The standard InChI is InChI=1S/C21H21N5O3/c22-9-15-2-1-3-17(8-15)20(28)26-13-21(14-26)5-4-16(12-29-21)10-25-19(27)18-11-23-6-7-24-18/h1-3,6-8,11,16H,4-5,10,12-14H2,(H,25,27). The molecule has 8 heteroatoms. The molecule has 1 spiro atoms. The number of amides is 2. The Hall–Kier alpha value is -3.31. The van der Waals surface area contributed by atoms with Crippen LogP contribution in [0.4, 0.5) is 0 Å². The van der Waals surface area contributed by atoms with E-state index in [1.54, 1.807) is 29.2 Å². The zero-order valence-corrected chi connectivity index (χ0v) is 15.9. The average Bonchev–Trinajstić information content (AvgIpc) is 2.76. The monoisotopic (exact) mass is 391 g/mol. The molecule has 8 nitrogen and oxygen atoms in total. The molecule has 1 unspecified atom stereocenters. The van der Waals surface area contributed by atoms with Crippen LogP contribution in [-0.4, -0.2) is 58.5 Å². The Labute approximate surface area is 168 Å². The van der Waals surface area contributed by atoms with E-state index in [9.17, 15) is 9.59 Å². The zero-order chi connectivity index (χ0) is 20.3. The van der Waals surface area contributed by atoms with E-state index in [4.69, 9.17) is 10.00 Å². The van der Waals surface area contributed by atoms with Crippen LogP contribution in [0, 0.1) is 17.2 Å². The van der Waals surface area contributed by atoms with E-state index < -0.39 is 0 Å². The summed E-state index contributed by atoms with van der Waals surface area (Å²) < 4.78 is 6.09. The predicted octanol–water partition coefficient (Wildman–Crippen LogP) is 1.40. The fourth-order valence-electron chi connectivity index (χ4n) is 3.77. The lowest BCUT2D eigenvalue weighted by Gasteiger charge is -2.52. The number of ether oxygens (including phenoxy) is 1. The molecule has 2 amide bonds. The van der Waals surface area contributed by atoms with E-state index >= 15 is 0 Å². The summed E-state index contributed by atoms with van der Waals surface area (Å²) in [5, 5.41) is 11.9. The van der Waals surface area contributed by atoms with Gasteiger partial charge < -0.3 is 15.0 Å². The topological polar surface area (TPSA) is 108 Å². The van der Waals surface area contributed by atoms with Gasteiger partial charge in [-0.1, -0.05) is 6.07 Å². The Kier molecular flexibility index (Phi) is 5.23. The van der Waals surface area contributed by atoms with Crippen molar-refractivity contribution in [3.05, 3.63) is 59.7 Å². The molecule has 1 aromatic heterocycles. The molecule has 0 saturated carbocycles. The van der Waals surface area contributed by atoms with E-state index in [2.05, 4.69) is 21.4 Å². The first-order valence-corrected chi connectivity index (χ1v) is 9.56. The number of hydrogen-bond acceptors (Lipinski definition) is 6. The molecule has 2 aromatic rings. The summed E-state index contributed by atoms with van der Waals surface area (Å²) in [5.41, 5.74) is 1.02. The summed E-state index contributed by atoms with van der Waals surface area (Å²) in [6, 6.07) is 8.80. The second kappa shape index (κ2) is 7.97. The number of carbonyl (C=O) groups is 2. The van der Waals surface area contributed by atoms with Gasteiger partial charge in [0.2, 0.25) is 0 Å². The lowest BCUT2D eigenvalue weighted by Crippen LogP contribution is -2.66. The van der Waals surface area contributed by atoms with Gasteiger partial charge in [-0.2, -0.15) is 5.26 Å². The number of rotatable bonds is 4. The van der Waals surface area contributed by atoms with Crippen molar-refractivity contribution in [1.29, 1.82) is 5.26 Å². The predicted molar refractivity (Wildman–Crippen MR) is 103 cm³/mol. The molecule has 1 aromatic carbocycles. The van der Waals surface area contributed by atoms with Crippen molar-refractivity contribution in [2.24, 2.45) is 5.92 Å². The van der Waals surface area contributed by atoms with Crippen molar-refractivity contribution in [1.82, 2.24) is 20.2 Å². The fourth-order valence-corrected chi connectivity index (χ4v) is 3.77. The molecule has 2 aliphatic rings. The van der Waals surface area contributed by atoms with E-state index in [-0.39, 0.29) is 23.3 Å². The molecule has 3 heterocycles. The maximum absolute atomic E-state index is 12.6. The highest BCUT2D eigenvalue weighted by molar-refractivity contribution is 5.95. The number of nitriles is 1. The summed E-state index contributed by atoms with van der Waals surface area (Å²) in [6.07, 6.45) is 6.22. The molecule has 29 heavy (non-hydrogen) atoms. The maximum Gasteiger partial charge on any atom is 0.271 e. The lowest BCUT2D eigenvalue weighted by atomic mass is 9.82. The molecule has 0 bridgehead atoms. The molecular weight excluding hydrogens is 370 g/mol. The number of benzene rings is 1. The molecule has 4 rings (SSSR count). The van der Waals surface area contributed by atoms with Gasteiger partial charge in [-0.3, -0.25) is 14.6 Å². The van der Waals surface area contributed by atoms with Gasteiger partial charge in [-0.05, 0) is 37.0 Å². The molecule has 2 saturated heterocycles. The van der Waals surface area contributed by atoms with Crippen LogP contribution in [0.15, 0.2) is 42.9 Å². The summed E-state index contributed by atoms with van der Waals surface area (Å²) in [4.78, 5) is 34.3. The number of likely N-dealkylation sites (tertiary alicyclic amines) is 1. The number of nitrogens with one attached hydrogen (secondary N) is 1. The van der Waals surface area contributed by atoms with E-state index in [1.807, 2.05) is 0 Å². The zero-order valence-electron chi connectivity index (χ0n) is 15.9. The average molecular weight is 391 g/mol.